The standard InChI is InChI=1S/C20H32OS/c1-4-5-6-8-12-17(2)20(18(3)21)22-16-11-15-19-13-9-7-10-14-19/h7,9-10,12-14,18,20-21H,4-6,8,11,15-16H2,1-3H3/b17-12+/t18-,20-/m1/s1. The minimum atomic E-state index is -0.274. The number of aliphatic hydroxyl groups is 1. The number of benzene rings is 1. The summed E-state index contributed by atoms with van der Waals surface area (Å²) in [5.74, 6) is 1.10. The zero-order valence-corrected chi connectivity index (χ0v) is 15.2. The Balaban J connectivity index is 2.34. The maximum absolute atomic E-state index is 10.0. The predicted octanol–water partition coefficient (Wildman–Crippen LogP) is 5.63. The Morgan fingerprint density at radius 3 is 2.55 bits per heavy atom. The van der Waals surface area contributed by atoms with Gasteiger partial charge in [-0.25, -0.2) is 0 Å². The summed E-state index contributed by atoms with van der Waals surface area (Å²) >= 11 is 1.90. The average molecular weight is 321 g/mol. The van der Waals surface area contributed by atoms with Crippen molar-refractivity contribution in [1.29, 1.82) is 0 Å². The van der Waals surface area contributed by atoms with Gasteiger partial charge in [-0.2, -0.15) is 11.8 Å². The van der Waals surface area contributed by atoms with Crippen LogP contribution in [0.3, 0.4) is 0 Å². The summed E-state index contributed by atoms with van der Waals surface area (Å²) in [7, 11) is 0. The Morgan fingerprint density at radius 2 is 1.91 bits per heavy atom. The molecule has 0 saturated carbocycles. The molecule has 0 radical (unpaired) electrons. The normalized spacial score (nSPS) is 14.8. The molecular weight excluding hydrogens is 288 g/mol. The zero-order valence-electron chi connectivity index (χ0n) is 14.4. The number of rotatable bonds is 11. The number of hydrogen-bond acceptors (Lipinski definition) is 2. The first-order valence-electron chi connectivity index (χ1n) is 8.65. The van der Waals surface area contributed by atoms with Gasteiger partial charge in [0, 0.05) is 0 Å². The van der Waals surface area contributed by atoms with Crippen LogP contribution in [0.5, 0.6) is 0 Å². The van der Waals surface area contributed by atoms with Crippen LogP contribution in [0.25, 0.3) is 0 Å². The largest absolute Gasteiger partial charge is 0.392 e. The summed E-state index contributed by atoms with van der Waals surface area (Å²) in [5, 5.41) is 10.3. The minimum absolute atomic E-state index is 0.248. The monoisotopic (exact) mass is 320 g/mol. The highest BCUT2D eigenvalue weighted by Gasteiger charge is 2.16. The van der Waals surface area contributed by atoms with E-state index in [0.29, 0.717) is 0 Å². The molecule has 1 aromatic carbocycles. The second kappa shape index (κ2) is 11.8. The molecule has 0 aliphatic rings. The summed E-state index contributed by atoms with van der Waals surface area (Å²) in [4.78, 5) is 0. The number of unbranched alkanes of at least 4 members (excludes halogenated alkanes) is 3. The van der Waals surface area contributed by atoms with Crippen LogP contribution in [0.4, 0.5) is 0 Å². The molecule has 124 valence electrons. The van der Waals surface area contributed by atoms with Crippen molar-refractivity contribution in [3.8, 4) is 0 Å². The van der Waals surface area contributed by atoms with Crippen molar-refractivity contribution in [3.63, 3.8) is 0 Å². The van der Waals surface area contributed by atoms with Crippen molar-refractivity contribution in [2.24, 2.45) is 0 Å². The van der Waals surface area contributed by atoms with Gasteiger partial charge in [0.15, 0.2) is 0 Å². The molecule has 22 heavy (non-hydrogen) atoms. The Morgan fingerprint density at radius 1 is 1.18 bits per heavy atom. The summed E-state index contributed by atoms with van der Waals surface area (Å²) in [6, 6.07) is 10.6. The third-order valence-corrected chi connectivity index (χ3v) is 5.56. The smallest absolute Gasteiger partial charge is 0.0668 e. The van der Waals surface area contributed by atoms with Crippen LogP contribution in [0.1, 0.15) is 58.4 Å². The molecule has 1 nitrogen and oxygen atoms in total. The SMILES string of the molecule is CCCCC/C=C(\C)[C@@H](SCCCc1ccccc1)[C@@H](C)O. The van der Waals surface area contributed by atoms with E-state index in [4.69, 9.17) is 0 Å². The Hall–Kier alpha value is -0.730. The third-order valence-electron chi connectivity index (χ3n) is 3.91. The molecule has 2 heteroatoms. The van der Waals surface area contributed by atoms with Crippen LogP contribution in [-0.4, -0.2) is 22.2 Å². The van der Waals surface area contributed by atoms with E-state index in [2.05, 4.69) is 50.3 Å². The van der Waals surface area contributed by atoms with Crippen molar-refractivity contribution in [2.75, 3.05) is 5.75 Å². The van der Waals surface area contributed by atoms with Gasteiger partial charge in [0.05, 0.1) is 11.4 Å². The van der Waals surface area contributed by atoms with Gasteiger partial charge >= 0.3 is 0 Å². The van der Waals surface area contributed by atoms with Gasteiger partial charge in [-0.15, -0.1) is 0 Å². The van der Waals surface area contributed by atoms with Crippen molar-refractivity contribution in [2.45, 2.75) is 70.7 Å². The fraction of sp³-hybridized carbons (Fsp3) is 0.600. The first-order chi connectivity index (χ1) is 10.6. The van der Waals surface area contributed by atoms with Gasteiger partial charge in [-0.3, -0.25) is 0 Å². The molecule has 0 aromatic heterocycles. The van der Waals surface area contributed by atoms with Gasteiger partial charge in [0.25, 0.3) is 0 Å². The summed E-state index contributed by atoms with van der Waals surface area (Å²) in [6.45, 7) is 6.32. The second-order valence-corrected chi connectivity index (χ2v) is 7.31. The third kappa shape index (κ3) is 8.05. The molecule has 2 atom stereocenters. The Kier molecular flexibility index (Phi) is 10.3. The summed E-state index contributed by atoms with van der Waals surface area (Å²) in [5.41, 5.74) is 2.75. The van der Waals surface area contributed by atoms with E-state index in [0.717, 1.165) is 18.6 Å². The van der Waals surface area contributed by atoms with E-state index in [9.17, 15) is 5.11 Å². The Bertz CT molecular complexity index is 411. The van der Waals surface area contributed by atoms with Crippen molar-refractivity contribution >= 4 is 11.8 Å². The van der Waals surface area contributed by atoms with E-state index >= 15 is 0 Å². The molecule has 1 aromatic rings. The van der Waals surface area contributed by atoms with Crippen LogP contribution in [0.15, 0.2) is 42.0 Å². The van der Waals surface area contributed by atoms with Crippen molar-refractivity contribution in [1.82, 2.24) is 0 Å². The first kappa shape index (κ1) is 19.3. The van der Waals surface area contributed by atoms with Gasteiger partial charge in [-0.05, 0) is 50.8 Å². The fourth-order valence-corrected chi connectivity index (χ4v) is 3.83. The Labute approximate surface area is 141 Å². The minimum Gasteiger partial charge on any atom is -0.392 e. The first-order valence-corrected chi connectivity index (χ1v) is 9.70. The van der Waals surface area contributed by atoms with Gasteiger partial charge in [0.2, 0.25) is 0 Å². The number of aryl methyl sites for hydroxylation is 1. The van der Waals surface area contributed by atoms with Crippen LogP contribution >= 0.6 is 11.8 Å². The van der Waals surface area contributed by atoms with Crippen LogP contribution in [0, 0.1) is 0 Å². The summed E-state index contributed by atoms with van der Waals surface area (Å²) in [6.07, 6.45) is 9.32. The van der Waals surface area contributed by atoms with E-state index < -0.39 is 0 Å². The molecule has 1 N–H and O–H groups in total. The molecule has 0 aliphatic heterocycles. The quantitative estimate of drug-likeness (QED) is 0.421. The van der Waals surface area contributed by atoms with Crippen molar-refractivity contribution in [3.05, 3.63) is 47.5 Å². The molecular formula is C20H32OS. The topological polar surface area (TPSA) is 20.2 Å². The lowest BCUT2D eigenvalue weighted by Gasteiger charge is -2.20. The van der Waals surface area contributed by atoms with Gasteiger partial charge in [0.1, 0.15) is 0 Å². The molecule has 0 saturated heterocycles. The lowest BCUT2D eigenvalue weighted by atomic mass is 10.1. The number of thioether (sulfide) groups is 1. The summed E-state index contributed by atoms with van der Waals surface area (Å²) < 4.78 is 0. The zero-order chi connectivity index (χ0) is 16.2. The molecule has 0 fully saturated rings. The van der Waals surface area contributed by atoms with Crippen molar-refractivity contribution < 1.29 is 5.11 Å². The second-order valence-electron chi connectivity index (χ2n) is 6.07. The lowest BCUT2D eigenvalue weighted by molar-refractivity contribution is 0.200. The molecule has 0 unspecified atom stereocenters. The molecule has 1 rings (SSSR count). The predicted molar refractivity (Wildman–Crippen MR) is 101 cm³/mol. The fourth-order valence-electron chi connectivity index (χ4n) is 2.62. The van der Waals surface area contributed by atoms with E-state index in [1.165, 1.54) is 36.8 Å². The highest BCUT2D eigenvalue weighted by molar-refractivity contribution is 8.00. The molecule has 0 amide bonds. The van der Waals surface area contributed by atoms with E-state index in [-0.39, 0.29) is 11.4 Å². The van der Waals surface area contributed by atoms with E-state index in [1.54, 1.807) is 0 Å². The average Bonchev–Trinajstić information content (AvgIpc) is 2.52. The highest BCUT2D eigenvalue weighted by atomic mass is 32.2. The number of hydrogen-bond donors (Lipinski definition) is 1. The molecule has 0 aliphatic carbocycles. The number of aliphatic hydroxyl groups excluding tert-OH is 1. The van der Waals surface area contributed by atoms with E-state index in [1.807, 2.05) is 18.7 Å². The molecule has 0 spiro atoms. The highest BCUT2D eigenvalue weighted by Crippen LogP contribution is 2.24. The molecule has 0 bridgehead atoms. The van der Waals surface area contributed by atoms with Gasteiger partial charge < -0.3 is 5.11 Å². The van der Waals surface area contributed by atoms with Crippen LogP contribution in [-0.2, 0) is 6.42 Å². The lowest BCUT2D eigenvalue weighted by Crippen LogP contribution is -2.21. The van der Waals surface area contributed by atoms with Gasteiger partial charge in [-0.1, -0.05) is 61.7 Å². The van der Waals surface area contributed by atoms with Crippen LogP contribution < -0.4 is 0 Å². The number of allylic oxidation sites excluding steroid dienone is 1. The van der Waals surface area contributed by atoms with Crippen LogP contribution in [0.2, 0.25) is 0 Å². The maximum atomic E-state index is 10.0. The molecule has 0 heterocycles. The maximum Gasteiger partial charge on any atom is 0.0668 e.